The van der Waals surface area contributed by atoms with Crippen LogP contribution in [0.1, 0.15) is 30.9 Å². The monoisotopic (exact) mass is 506 g/mol. The predicted octanol–water partition coefficient (Wildman–Crippen LogP) is 1.74. The highest BCUT2D eigenvalue weighted by atomic mass is 127. The van der Waals surface area contributed by atoms with Gasteiger partial charge in [0.25, 0.3) is 0 Å². The van der Waals surface area contributed by atoms with Gasteiger partial charge in [-0.1, -0.05) is 12.1 Å². The van der Waals surface area contributed by atoms with Crippen LogP contribution < -0.4 is 10.2 Å². The largest absolute Gasteiger partial charge is 0.356 e. The van der Waals surface area contributed by atoms with Crippen LogP contribution in [0.3, 0.4) is 0 Å². The summed E-state index contributed by atoms with van der Waals surface area (Å²) in [4.78, 5) is 17.8. The van der Waals surface area contributed by atoms with Gasteiger partial charge in [-0.2, -0.15) is 9.36 Å². The molecule has 1 N–H and O–H groups in total. The first-order valence-electron chi connectivity index (χ1n) is 9.02. The number of nitrogens with zero attached hydrogens (tertiary/aromatic N) is 7. The van der Waals surface area contributed by atoms with Crippen LogP contribution in [0.5, 0.6) is 0 Å². The molecule has 1 aliphatic rings. The normalized spacial score (nSPS) is 15.0. The van der Waals surface area contributed by atoms with Crippen molar-refractivity contribution in [3.63, 3.8) is 0 Å². The SMILES string of the molecule is CCc1nsc(N2CCN(C(=NC)NCCCc3nc(C)no3)CC2)n1.I. The van der Waals surface area contributed by atoms with Crippen molar-refractivity contribution in [3.8, 4) is 0 Å². The Kier molecular flexibility index (Phi) is 8.67. The summed E-state index contributed by atoms with van der Waals surface area (Å²) in [5.74, 6) is 3.25. The Morgan fingerprint density at radius 2 is 2.04 bits per heavy atom. The molecular weight excluding hydrogens is 479 g/mol. The van der Waals surface area contributed by atoms with Crippen LogP contribution >= 0.6 is 35.5 Å². The Morgan fingerprint density at radius 1 is 1.26 bits per heavy atom. The fourth-order valence-electron chi connectivity index (χ4n) is 2.84. The number of guanidine groups is 1. The molecule has 0 spiro atoms. The lowest BCUT2D eigenvalue weighted by molar-refractivity contribution is 0.365. The minimum Gasteiger partial charge on any atom is -0.356 e. The van der Waals surface area contributed by atoms with Crippen molar-refractivity contribution in [2.45, 2.75) is 33.1 Å². The number of hydrogen-bond acceptors (Lipinski definition) is 8. The van der Waals surface area contributed by atoms with E-state index in [9.17, 15) is 0 Å². The molecule has 0 unspecified atom stereocenters. The third-order valence-corrected chi connectivity index (χ3v) is 5.07. The van der Waals surface area contributed by atoms with Gasteiger partial charge in [0.15, 0.2) is 11.8 Å². The maximum atomic E-state index is 5.13. The minimum absolute atomic E-state index is 0. The molecule has 0 saturated carbocycles. The molecule has 1 fully saturated rings. The molecule has 150 valence electrons. The maximum absolute atomic E-state index is 5.13. The van der Waals surface area contributed by atoms with Crippen molar-refractivity contribution in [1.29, 1.82) is 0 Å². The van der Waals surface area contributed by atoms with Crippen LogP contribution in [-0.2, 0) is 12.8 Å². The van der Waals surface area contributed by atoms with Crippen LogP contribution in [0.4, 0.5) is 5.13 Å². The van der Waals surface area contributed by atoms with Gasteiger partial charge in [0, 0.05) is 64.1 Å². The first-order valence-corrected chi connectivity index (χ1v) is 9.79. The van der Waals surface area contributed by atoms with Gasteiger partial charge in [0.05, 0.1) is 0 Å². The number of nitrogens with one attached hydrogen (secondary N) is 1. The number of piperazine rings is 1. The Labute approximate surface area is 180 Å². The van der Waals surface area contributed by atoms with E-state index in [1.807, 2.05) is 14.0 Å². The smallest absolute Gasteiger partial charge is 0.226 e. The number of halogens is 1. The molecule has 2 aromatic heterocycles. The van der Waals surface area contributed by atoms with Crippen molar-refractivity contribution in [1.82, 2.24) is 29.7 Å². The molecular formula is C16H27IN8OS. The number of aromatic nitrogens is 4. The number of hydrogen-bond donors (Lipinski definition) is 1. The second-order valence-corrected chi connectivity index (χ2v) is 6.86. The number of rotatable bonds is 6. The van der Waals surface area contributed by atoms with Gasteiger partial charge in [-0.15, -0.1) is 24.0 Å². The Bertz CT molecular complexity index is 726. The molecule has 9 nitrogen and oxygen atoms in total. The fraction of sp³-hybridized carbons (Fsp3) is 0.688. The van der Waals surface area contributed by atoms with Gasteiger partial charge in [0.2, 0.25) is 11.0 Å². The van der Waals surface area contributed by atoms with Crippen molar-refractivity contribution < 1.29 is 4.52 Å². The quantitative estimate of drug-likeness (QED) is 0.274. The van der Waals surface area contributed by atoms with E-state index in [0.717, 1.165) is 68.9 Å². The summed E-state index contributed by atoms with van der Waals surface area (Å²) in [6.07, 6.45) is 2.58. The van der Waals surface area contributed by atoms with E-state index < -0.39 is 0 Å². The molecule has 0 aromatic carbocycles. The molecule has 0 radical (unpaired) electrons. The van der Waals surface area contributed by atoms with E-state index in [2.05, 4.69) is 46.5 Å². The van der Waals surface area contributed by atoms with Gasteiger partial charge in [-0.25, -0.2) is 4.98 Å². The third-order valence-electron chi connectivity index (χ3n) is 4.26. The van der Waals surface area contributed by atoms with Crippen LogP contribution in [0, 0.1) is 6.92 Å². The lowest BCUT2D eigenvalue weighted by Gasteiger charge is -2.36. The minimum atomic E-state index is 0. The van der Waals surface area contributed by atoms with Gasteiger partial charge < -0.3 is 19.6 Å². The average molecular weight is 506 g/mol. The summed E-state index contributed by atoms with van der Waals surface area (Å²) in [5, 5.41) is 8.26. The highest BCUT2D eigenvalue weighted by molar-refractivity contribution is 14.0. The Morgan fingerprint density at radius 3 is 2.63 bits per heavy atom. The van der Waals surface area contributed by atoms with Crippen LogP contribution in [0.25, 0.3) is 0 Å². The highest BCUT2D eigenvalue weighted by Gasteiger charge is 2.21. The number of aryl methyl sites for hydroxylation is 3. The standard InChI is InChI=1S/C16H26N8OS.HI/c1-4-13-20-16(26-22-13)24-10-8-23(9-11-24)15(17-3)18-7-5-6-14-19-12(2)21-25-14;/h4-11H2,1-3H3,(H,17,18);1H. The summed E-state index contributed by atoms with van der Waals surface area (Å²) in [5.41, 5.74) is 0. The summed E-state index contributed by atoms with van der Waals surface area (Å²) in [6.45, 7) is 8.44. The molecule has 1 aliphatic heterocycles. The molecule has 0 atom stereocenters. The summed E-state index contributed by atoms with van der Waals surface area (Å²) in [7, 11) is 1.83. The maximum Gasteiger partial charge on any atom is 0.226 e. The molecule has 0 aliphatic carbocycles. The summed E-state index contributed by atoms with van der Waals surface area (Å²) in [6, 6.07) is 0. The topological polar surface area (TPSA) is 95.6 Å². The predicted molar refractivity (Wildman–Crippen MR) is 117 cm³/mol. The first-order chi connectivity index (χ1) is 12.7. The molecule has 3 heterocycles. The van der Waals surface area contributed by atoms with Crippen molar-refractivity contribution in [3.05, 3.63) is 17.5 Å². The lowest BCUT2D eigenvalue weighted by Crippen LogP contribution is -2.52. The zero-order chi connectivity index (χ0) is 18.4. The van der Waals surface area contributed by atoms with Crippen LogP contribution in [-0.4, -0.2) is 70.1 Å². The molecule has 1 saturated heterocycles. The van der Waals surface area contributed by atoms with E-state index in [0.29, 0.717) is 11.7 Å². The molecule has 3 rings (SSSR count). The molecule has 11 heteroatoms. The average Bonchev–Trinajstić information content (AvgIpc) is 3.31. The number of aliphatic imine (C=N–C) groups is 1. The summed E-state index contributed by atoms with van der Waals surface area (Å²) >= 11 is 1.49. The van der Waals surface area contributed by atoms with Gasteiger partial charge >= 0.3 is 0 Å². The van der Waals surface area contributed by atoms with E-state index in [-0.39, 0.29) is 24.0 Å². The Balaban J connectivity index is 0.00000261. The third kappa shape index (κ3) is 5.99. The fourth-order valence-corrected chi connectivity index (χ4v) is 3.64. The van der Waals surface area contributed by atoms with E-state index in [1.165, 1.54) is 11.5 Å². The lowest BCUT2D eigenvalue weighted by atomic mass is 10.3. The van der Waals surface area contributed by atoms with Gasteiger partial charge in [0.1, 0.15) is 5.82 Å². The first kappa shape index (κ1) is 21.8. The van der Waals surface area contributed by atoms with E-state index in [4.69, 9.17) is 4.52 Å². The number of anilines is 1. The van der Waals surface area contributed by atoms with Crippen molar-refractivity contribution in [2.24, 2.45) is 4.99 Å². The van der Waals surface area contributed by atoms with Crippen LogP contribution in [0.2, 0.25) is 0 Å². The van der Waals surface area contributed by atoms with Crippen molar-refractivity contribution in [2.75, 3.05) is 44.7 Å². The van der Waals surface area contributed by atoms with Gasteiger partial charge in [-0.05, 0) is 13.3 Å². The molecule has 0 amide bonds. The summed E-state index contributed by atoms with van der Waals surface area (Å²) < 4.78 is 9.51. The van der Waals surface area contributed by atoms with E-state index in [1.54, 1.807) is 0 Å². The highest BCUT2D eigenvalue weighted by Crippen LogP contribution is 2.19. The second-order valence-electron chi connectivity index (χ2n) is 6.13. The second kappa shape index (κ2) is 10.7. The van der Waals surface area contributed by atoms with Crippen LogP contribution in [0.15, 0.2) is 9.52 Å². The van der Waals surface area contributed by atoms with Gasteiger partial charge in [-0.3, -0.25) is 4.99 Å². The zero-order valence-electron chi connectivity index (χ0n) is 16.0. The van der Waals surface area contributed by atoms with Crippen molar-refractivity contribution >= 4 is 46.6 Å². The van der Waals surface area contributed by atoms with E-state index >= 15 is 0 Å². The Hall–Kier alpha value is -1.50. The molecule has 27 heavy (non-hydrogen) atoms. The molecule has 2 aromatic rings. The molecule has 0 bridgehead atoms. The zero-order valence-corrected chi connectivity index (χ0v) is 19.2.